The number of rotatable bonds is 5. The molecular formula is C18H22BrFN2O4. The van der Waals surface area contributed by atoms with Gasteiger partial charge >= 0.3 is 5.97 Å². The van der Waals surface area contributed by atoms with Gasteiger partial charge in [-0.05, 0) is 62.2 Å². The highest BCUT2D eigenvalue weighted by atomic mass is 79.9. The number of carbonyl (C=O) groups is 3. The van der Waals surface area contributed by atoms with Gasteiger partial charge in [-0.1, -0.05) is 0 Å². The molecule has 8 heteroatoms. The minimum Gasteiger partial charge on any atom is -0.460 e. The van der Waals surface area contributed by atoms with Crippen molar-refractivity contribution in [3.05, 3.63) is 33.5 Å². The van der Waals surface area contributed by atoms with Crippen LogP contribution >= 0.6 is 15.9 Å². The molecule has 0 saturated heterocycles. The fourth-order valence-electron chi connectivity index (χ4n) is 3.09. The molecule has 1 aromatic carbocycles. The summed E-state index contributed by atoms with van der Waals surface area (Å²) in [6, 6.07) is 1.25. The maximum atomic E-state index is 14.4. The number of benzene rings is 1. The van der Waals surface area contributed by atoms with Gasteiger partial charge in [0.05, 0.1) is 10.5 Å². The van der Waals surface area contributed by atoms with Crippen LogP contribution in [0, 0.1) is 5.82 Å². The van der Waals surface area contributed by atoms with Gasteiger partial charge in [-0.2, -0.15) is 0 Å². The summed E-state index contributed by atoms with van der Waals surface area (Å²) in [6.07, 6.45) is -0.0684. The Balaban J connectivity index is 2.23. The average molecular weight is 429 g/mol. The lowest BCUT2D eigenvalue weighted by molar-refractivity contribution is -0.155. The summed E-state index contributed by atoms with van der Waals surface area (Å²) in [5.41, 5.74) is 5.23. The summed E-state index contributed by atoms with van der Waals surface area (Å²) >= 11 is 3.10. The van der Waals surface area contributed by atoms with Gasteiger partial charge in [0.1, 0.15) is 17.5 Å². The average Bonchev–Trinajstić information content (AvgIpc) is 2.74. The van der Waals surface area contributed by atoms with E-state index in [4.69, 9.17) is 10.5 Å². The van der Waals surface area contributed by atoms with Gasteiger partial charge in [0.2, 0.25) is 5.91 Å². The van der Waals surface area contributed by atoms with E-state index < -0.39 is 41.3 Å². The molecule has 1 aliphatic heterocycles. The lowest BCUT2D eigenvalue weighted by atomic mass is 10.0. The van der Waals surface area contributed by atoms with E-state index in [9.17, 15) is 18.8 Å². The van der Waals surface area contributed by atoms with Crippen LogP contribution in [-0.2, 0) is 14.3 Å². The summed E-state index contributed by atoms with van der Waals surface area (Å²) < 4.78 is 19.9. The van der Waals surface area contributed by atoms with Gasteiger partial charge in [0, 0.05) is 17.5 Å². The Morgan fingerprint density at radius 2 is 2.00 bits per heavy atom. The number of hydrogen-bond donors (Lipinski definition) is 1. The van der Waals surface area contributed by atoms with Gasteiger partial charge in [0.15, 0.2) is 0 Å². The molecule has 2 rings (SSSR count). The molecule has 0 fully saturated rings. The number of fused-ring (bicyclic) bond motifs is 1. The standard InChI is InChI=1S/C18H22BrFN2O4/c1-9-14-10(5-6-11(19)15(14)20)17(25)22(9)12(16(21)24)7-8-13(23)26-18(2,3)4/h5-6,9,12H,7-8H2,1-4H3,(H2,21,24). The Morgan fingerprint density at radius 3 is 2.54 bits per heavy atom. The van der Waals surface area contributed by atoms with E-state index in [1.54, 1.807) is 27.7 Å². The lowest BCUT2D eigenvalue weighted by Crippen LogP contribution is -2.46. The fourth-order valence-corrected chi connectivity index (χ4v) is 3.44. The largest absolute Gasteiger partial charge is 0.460 e. The third-order valence-electron chi connectivity index (χ3n) is 4.14. The number of carbonyl (C=O) groups excluding carboxylic acids is 3. The topological polar surface area (TPSA) is 89.7 Å². The Labute approximate surface area is 160 Å². The quantitative estimate of drug-likeness (QED) is 0.729. The molecule has 0 aliphatic carbocycles. The molecule has 2 amide bonds. The molecule has 2 N–H and O–H groups in total. The number of halogens is 2. The normalized spacial score (nSPS) is 17.8. The van der Waals surface area contributed by atoms with Crippen LogP contribution in [0.3, 0.4) is 0 Å². The second-order valence-corrected chi connectivity index (χ2v) is 8.11. The molecule has 142 valence electrons. The Bertz CT molecular complexity index is 760. The lowest BCUT2D eigenvalue weighted by Gasteiger charge is -2.30. The molecule has 0 saturated carbocycles. The molecule has 0 spiro atoms. The molecule has 1 aromatic rings. The van der Waals surface area contributed by atoms with Gasteiger partial charge in [-0.25, -0.2) is 4.39 Å². The second kappa shape index (κ2) is 7.34. The smallest absolute Gasteiger partial charge is 0.306 e. The zero-order chi connectivity index (χ0) is 19.8. The van der Waals surface area contributed by atoms with E-state index in [0.717, 1.165) is 0 Å². The first-order chi connectivity index (χ1) is 11.9. The number of primary amides is 1. The number of nitrogens with two attached hydrogens (primary N) is 1. The highest BCUT2D eigenvalue weighted by Crippen LogP contribution is 2.39. The van der Waals surface area contributed by atoms with Crippen LogP contribution in [0.25, 0.3) is 0 Å². The predicted molar refractivity (Wildman–Crippen MR) is 96.7 cm³/mol. The maximum absolute atomic E-state index is 14.4. The van der Waals surface area contributed by atoms with Crippen molar-refractivity contribution in [1.82, 2.24) is 4.90 Å². The van der Waals surface area contributed by atoms with E-state index in [1.165, 1.54) is 17.0 Å². The van der Waals surface area contributed by atoms with Crippen molar-refractivity contribution in [2.24, 2.45) is 5.73 Å². The Hall–Kier alpha value is -1.96. The van der Waals surface area contributed by atoms with Gasteiger partial charge < -0.3 is 15.4 Å². The Morgan fingerprint density at radius 1 is 1.38 bits per heavy atom. The first-order valence-corrected chi connectivity index (χ1v) is 9.05. The number of ether oxygens (including phenoxy) is 1. The van der Waals surface area contributed by atoms with E-state index in [2.05, 4.69) is 15.9 Å². The van der Waals surface area contributed by atoms with Crippen molar-refractivity contribution < 1.29 is 23.5 Å². The number of esters is 1. The third-order valence-corrected chi connectivity index (χ3v) is 4.75. The van der Waals surface area contributed by atoms with Crippen molar-refractivity contribution in [2.45, 2.75) is 58.2 Å². The van der Waals surface area contributed by atoms with Crippen LogP contribution in [0.1, 0.15) is 62.5 Å². The maximum Gasteiger partial charge on any atom is 0.306 e. The van der Waals surface area contributed by atoms with E-state index in [-0.39, 0.29) is 28.4 Å². The summed E-state index contributed by atoms with van der Waals surface area (Å²) in [6.45, 7) is 6.84. The van der Waals surface area contributed by atoms with E-state index in [1.807, 2.05) is 0 Å². The van der Waals surface area contributed by atoms with Crippen LogP contribution in [0.15, 0.2) is 16.6 Å². The molecular weight excluding hydrogens is 407 g/mol. The highest BCUT2D eigenvalue weighted by molar-refractivity contribution is 9.10. The minimum atomic E-state index is -1.03. The van der Waals surface area contributed by atoms with Crippen LogP contribution in [-0.4, -0.2) is 34.3 Å². The second-order valence-electron chi connectivity index (χ2n) is 7.25. The Kier molecular flexibility index (Phi) is 5.75. The summed E-state index contributed by atoms with van der Waals surface area (Å²) in [5, 5.41) is 0. The monoisotopic (exact) mass is 428 g/mol. The summed E-state index contributed by atoms with van der Waals surface area (Å²) in [5.74, 6) is -2.26. The van der Waals surface area contributed by atoms with Crippen LogP contribution in [0.5, 0.6) is 0 Å². The van der Waals surface area contributed by atoms with Crippen LogP contribution in [0.4, 0.5) is 4.39 Å². The molecule has 26 heavy (non-hydrogen) atoms. The van der Waals surface area contributed by atoms with Crippen molar-refractivity contribution in [3.63, 3.8) is 0 Å². The van der Waals surface area contributed by atoms with Crippen molar-refractivity contribution in [3.8, 4) is 0 Å². The zero-order valence-corrected chi connectivity index (χ0v) is 16.7. The van der Waals surface area contributed by atoms with Crippen LogP contribution < -0.4 is 5.73 Å². The molecule has 6 nitrogen and oxygen atoms in total. The van der Waals surface area contributed by atoms with Crippen molar-refractivity contribution in [2.75, 3.05) is 0 Å². The van der Waals surface area contributed by atoms with Gasteiger partial charge in [-0.15, -0.1) is 0 Å². The number of nitrogens with zero attached hydrogens (tertiary/aromatic N) is 1. The molecule has 0 bridgehead atoms. The summed E-state index contributed by atoms with van der Waals surface area (Å²) in [7, 11) is 0. The molecule has 2 atom stereocenters. The highest BCUT2D eigenvalue weighted by Gasteiger charge is 2.42. The molecule has 1 aliphatic rings. The number of hydrogen-bond acceptors (Lipinski definition) is 4. The molecule has 0 aromatic heterocycles. The molecule has 1 heterocycles. The third kappa shape index (κ3) is 4.06. The predicted octanol–water partition coefficient (Wildman–Crippen LogP) is 3.08. The van der Waals surface area contributed by atoms with Crippen LogP contribution in [0.2, 0.25) is 0 Å². The van der Waals surface area contributed by atoms with Gasteiger partial charge in [-0.3, -0.25) is 14.4 Å². The first-order valence-electron chi connectivity index (χ1n) is 8.25. The zero-order valence-electron chi connectivity index (χ0n) is 15.1. The fraction of sp³-hybridized carbons (Fsp3) is 0.500. The first kappa shape index (κ1) is 20.4. The molecule has 0 radical (unpaired) electrons. The van der Waals surface area contributed by atoms with E-state index >= 15 is 0 Å². The van der Waals surface area contributed by atoms with Crippen molar-refractivity contribution >= 4 is 33.7 Å². The molecule has 2 unspecified atom stereocenters. The van der Waals surface area contributed by atoms with Crippen molar-refractivity contribution in [1.29, 1.82) is 0 Å². The van der Waals surface area contributed by atoms with Gasteiger partial charge in [0.25, 0.3) is 5.91 Å². The minimum absolute atomic E-state index is 0.0110. The summed E-state index contributed by atoms with van der Waals surface area (Å²) in [4.78, 5) is 37.8. The SMILES string of the molecule is CC1c2c(ccc(Br)c2F)C(=O)N1C(CCC(=O)OC(C)(C)C)C(N)=O. The number of amides is 2. The van der Waals surface area contributed by atoms with E-state index in [0.29, 0.717) is 0 Å².